The molecular formula is C26H23ClN2O5. The molecule has 1 aromatic heterocycles. The molecule has 1 heterocycles. The molecule has 34 heavy (non-hydrogen) atoms. The summed E-state index contributed by atoms with van der Waals surface area (Å²) in [5.41, 5.74) is 4.78. The zero-order valence-electron chi connectivity index (χ0n) is 18.7. The number of ether oxygens (including phenoxy) is 3. The molecule has 4 aromatic rings. The second-order valence-electron chi connectivity index (χ2n) is 7.27. The van der Waals surface area contributed by atoms with Crippen molar-refractivity contribution in [3.63, 3.8) is 0 Å². The molecule has 7 nitrogen and oxygen atoms in total. The normalized spacial score (nSPS) is 11.0. The van der Waals surface area contributed by atoms with Crippen LogP contribution in [0.2, 0.25) is 5.02 Å². The van der Waals surface area contributed by atoms with Crippen LogP contribution in [0, 0.1) is 0 Å². The molecule has 0 atom stereocenters. The molecule has 0 spiro atoms. The summed E-state index contributed by atoms with van der Waals surface area (Å²) >= 11 is 5.92. The lowest BCUT2D eigenvalue weighted by Crippen LogP contribution is -2.16. The van der Waals surface area contributed by atoms with E-state index in [9.17, 15) is 4.79 Å². The summed E-state index contributed by atoms with van der Waals surface area (Å²) in [5, 5.41) is 5.47. The Labute approximate surface area is 201 Å². The average molecular weight is 479 g/mol. The first-order valence-electron chi connectivity index (χ1n) is 10.6. The fraction of sp³-hybridized carbons (Fsp3) is 0.154. The molecule has 0 aliphatic heterocycles. The molecule has 8 heteroatoms. The van der Waals surface area contributed by atoms with Gasteiger partial charge in [0.25, 0.3) is 0 Å². The van der Waals surface area contributed by atoms with E-state index >= 15 is 0 Å². The SMILES string of the molecule is CCOc1ccc2oc(C(=O)N/N=C/c3ccc(OCc4ccc(Cl)cc4)c(OC)c3)cc2c1. The summed E-state index contributed by atoms with van der Waals surface area (Å²) < 4.78 is 22.4. The van der Waals surface area contributed by atoms with Crippen LogP contribution in [-0.2, 0) is 6.61 Å². The number of nitrogens with zero attached hydrogens (tertiary/aromatic N) is 1. The van der Waals surface area contributed by atoms with Crippen molar-refractivity contribution in [2.75, 3.05) is 13.7 Å². The van der Waals surface area contributed by atoms with Gasteiger partial charge in [0, 0.05) is 10.4 Å². The van der Waals surface area contributed by atoms with E-state index in [1.165, 1.54) is 6.21 Å². The molecule has 4 rings (SSSR count). The van der Waals surface area contributed by atoms with Gasteiger partial charge in [-0.1, -0.05) is 23.7 Å². The maximum Gasteiger partial charge on any atom is 0.307 e. The topological polar surface area (TPSA) is 82.3 Å². The molecule has 0 saturated heterocycles. The van der Waals surface area contributed by atoms with Crippen LogP contribution in [-0.4, -0.2) is 25.8 Å². The number of hydrogen-bond donors (Lipinski definition) is 1. The summed E-state index contributed by atoms with van der Waals surface area (Å²) in [6.45, 7) is 2.85. The van der Waals surface area contributed by atoms with Crippen LogP contribution >= 0.6 is 11.6 Å². The van der Waals surface area contributed by atoms with Crippen molar-refractivity contribution in [2.45, 2.75) is 13.5 Å². The molecule has 0 aliphatic carbocycles. The van der Waals surface area contributed by atoms with E-state index in [0.29, 0.717) is 35.3 Å². The number of benzene rings is 3. The Bertz CT molecular complexity index is 1310. The van der Waals surface area contributed by atoms with Crippen molar-refractivity contribution in [3.8, 4) is 17.2 Å². The third kappa shape index (κ3) is 5.68. The lowest BCUT2D eigenvalue weighted by molar-refractivity contribution is 0.0929. The van der Waals surface area contributed by atoms with Crippen LogP contribution in [0.15, 0.2) is 76.2 Å². The predicted molar refractivity (Wildman–Crippen MR) is 131 cm³/mol. The highest BCUT2D eigenvalue weighted by molar-refractivity contribution is 6.30. The molecular weight excluding hydrogens is 456 g/mol. The quantitative estimate of drug-likeness (QED) is 0.241. The zero-order chi connectivity index (χ0) is 23.9. The number of halogens is 1. The fourth-order valence-electron chi connectivity index (χ4n) is 3.24. The Hall–Kier alpha value is -3.97. The number of hydrazone groups is 1. The van der Waals surface area contributed by atoms with E-state index in [0.717, 1.165) is 22.3 Å². The highest BCUT2D eigenvalue weighted by Crippen LogP contribution is 2.28. The van der Waals surface area contributed by atoms with Crippen molar-refractivity contribution in [3.05, 3.63) is 88.6 Å². The highest BCUT2D eigenvalue weighted by atomic mass is 35.5. The van der Waals surface area contributed by atoms with Crippen molar-refractivity contribution in [1.29, 1.82) is 0 Å². The van der Waals surface area contributed by atoms with Crippen molar-refractivity contribution in [1.82, 2.24) is 5.43 Å². The highest BCUT2D eigenvalue weighted by Gasteiger charge is 2.12. The summed E-state index contributed by atoms with van der Waals surface area (Å²) in [6.07, 6.45) is 1.51. The van der Waals surface area contributed by atoms with E-state index < -0.39 is 5.91 Å². The number of nitrogens with one attached hydrogen (secondary N) is 1. The minimum atomic E-state index is -0.458. The summed E-state index contributed by atoms with van der Waals surface area (Å²) in [6, 6.07) is 19.8. The molecule has 0 unspecified atom stereocenters. The largest absolute Gasteiger partial charge is 0.494 e. The van der Waals surface area contributed by atoms with Crippen molar-refractivity contribution >= 4 is 34.7 Å². The number of carbonyl (C=O) groups is 1. The summed E-state index contributed by atoms with van der Waals surface area (Å²) in [5.74, 6) is 1.55. The van der Waals surface area contributed by atoms with E-state index in [-0.39, 0.29) is 5.76 Å². The van der Waals surface area contributed by atoms with Gasteiger partial charge in [-0.15, -0.1) is 0 Å². The molecule has 0 saturated carbocycles. The zero-order valence-corrected chi connectivity index (χ0v) is 19.5. The van der Waals surface area contributed by atoms with Crippen LogP contribution in [0.4, 0.5) is 0 Å². The molecule has 0 bridgehead atoms. The van der Waals surface area contributed by atoms with E-state index in [1.54, 1.807) is 37.4 Å². The first-order valence-corrected chi connectivity index (χ1v) is 11.0. The van der Waals surface area contributed by atoms with Gasteiger partial charge in [-0.05, 0) is 72.6 Å². The van der Waals surface area contributed by atoms with E-state index in [2.05, 4.69) is 10.5 Å². The standard InChI is InChI=1S/C26H23ClN2O5/c1-3-32-21-9-11-22-19(13-21)14-25(34-22)26(30)29-28-15-18-6-10-23(24(12-18)31-2)33-16-17-4-7-20(27)8-5-17/h4-15H,3,16H2,1-2H3,(H,29,30)/b28-15+. The number of carbonyl (C=O) groups excluding carboxylic acids is 1. The molecule has 0 aliphatic rings. The Kier molecular flexibility index (Phi) is 7.34. The van der Waals surface area contributed by atoms with Gasteiger partial charge in [0.1, 0.15) is 17.9 Å². The van der Waals surface area contributed by atoms with Gasteiger partial charge in [0.15, 0.2) is 17.3 Å². The Balaban J connectivity index is 1.38. The molecule has 1 amide bonds. The molecule has 0 fully saturated rings. The number of rotatable bonds is 9. The second kappa shape index (κ2) is 10.8. The van der Waals surface area contributed by atoms with Gasteiger partial charge in [-0.3, -0.25) is 4.79 Å². The third-order valence-electron chi connectivity index (χ3n) is 4.90. The number of hydrogen-bond acceptors (Lipinski definition) is 6. The minimum absolute atomic E-state index is 0.157. The van der Waals surface area contributed by atoms with Gasteiger partial charge >= 0.3 is 5.91 Å². The van der Waals surface area contributed by atoms with Crippen LogP contribution in [0.25, 0.3) is 11.0 Å². The monoisotopic (exact) mass is 478 g/mol. The molecule has 174 valence electrons. The Morgan fingerprint density at radius 3 is 2.62 bits per heavy atom. The number of furan rings is 1. The van der Waals surface area contributed by atoms with Crippen LogP contribution < -0.4 is 19.6 Å². The van der Waals surface area contributed by atoms with Gasteiger partial charge in [0.05, 0.1) is 19.9 Å². The van der Waals surface area contributed by atoms with Gasteiger partial charge in [-0.25, -0.2) is 5.43 Å². The van der Waals surface area contributed by atoms with Gasteiger partial charge in [0.2, 0.25) is 0 Å². The second-order valence-corrected chi connectivity index (χ2v) is 7.70. The third-order valence-corrected chi connectivity index (χ3v) is 5.15. The minimum Gasteiger partial charge on any atom is -0.494 e. The first kappa shape index (κ1) is 23.2. The number of amides is 1. The summed E-state index contributed by atoms with van der Waals surface area (Å²) in [7, 11) is 1.56. The van der Waals surface area contributed by atoms with Crippen LogP contribution in [0.5, 0.6) is 17.2 Å². The summed E-state index contributed by atoms with van der Waals surface area (Å²) in [4.78, 5) is 12.4. The maximum absolute atomic E-state index is 12.4. The van der Waals surface area contributed by atoms with Gasteiger partial charge in [-0.2, -0.15) is 5.10 Å². The van der Waals surface area contributed by atoms with Crippen LogP contribution in [0.3, 0.4) is 0 Å². The van der Waals surface area contributed by atoms with E-state index in [4.69, 9.17) is 30.2 Å². The van der Waals surface area contributed by atoms with Crippen molar-refractivity contribution in [2.24, 2.45) is 5.10 Å². The number of fused-ring (bicyclic) bond motifs is 1. The average Bonchev–Trinajstić information content (AvgIpc) is 3.28. The molecule has 1 N–H and O–H groups in total. The lowest BCUT2D eigenvalue weighted by atomic mass is 10.2. The van der Waals surface area contributed by atoms with E-state index in [1.807, 2.05) is 43.3 Å². The predicted octanol–water partition coefficient (Wildman–Crippen LogP) is 5.84. The maximum atomic E-state index is 12.4. The Morgan fingerprint density at radius 2 is 1.85 bits per heavy atom. The van der Waals surface area contributed by atoms with Gasteiger partial charge < -0.3 is 18.6 Å². The molecule has 0 radical (unpaired) electrons. The number of methoxy groups -OCH3 is 1. The Morgan fingerprint density at radius 1 is 1.03 bits per heavy atom. The first-order chi connectivity index (χ1) is 16.6. The molecule has 3 aromatic carbocycles. The van der Waals surface area contributed by atoms with Crippen molar-refractivity contribution < 1.29 is 23.4 Å². The smallest absolute Gasteiger partial charge is 0.307 e. The fourth-order valence-corrected chi connectivity index (χ4v) is 3.36. The lowest BCUT2D eigenvalue weighted by Gasteiger charge is -2.11. The van der Waals surface area contributed by atoms with Crippen LogP contribution in [0.1, 0.15) is 28.6 Å².